The summed E-state index contributed by atoms with van der Waals surface area (Å²) in [6.07, 6.45) is -1.82. The fraction of sp³-hybridized carbons (Fsp3) is 0.588. The summed E-state index contributed by atoms with van der Waals surface area (Å²) in [5.41, 5.74) is -0.0646. The van der Waals surface area contributed by atoms with Gasteiger partial charge in [-0.3, -0.25) is 4.99 Å². The van der Waals surface area contributed by atoms with Gasteiger partial charge in [0.1, 0.15) is 0 Å². The third-order valence-electron chi connectivity index (χ3n) is 4.25. The minimum atomic E-state index is -4.32. The summed E-state index contributed by atoms with van der Waals surface area (Å²) in [5.74, 6) is 1.31. The molecule has 0 heterocycles. The quantitative estimate of drug-likeness (QED) is 0.617. The first-order valence-corrected chi connectivity index (χ1v) is 8.08. The van der Waals surface area contributed by atoms with Crippen molar-refractivity contribution in [2.75, 3.05) is 27.7 Å². The standard InChI is InChI=1S/C17H25F3N4/c1-21-16(23-11-15(24(2)3)13-7-8-13)22-10-12-5-4-6-14(9-12)17(18,19)20/h4-6,9,13,15H,7-8,10-11H2,1-3H3,(H2,21,22,23). The second-order valence-electron chi connectivity index (χ2n) is 6.37. The van der Waals surface area contributed by atoms with Crippen LogP contribution in [0.25, 0.3) is 0 Å². The first kappa shape index (κ1) is 18.6. The molecule has 0 spiro atoms. The molecule has 0 aliphatic heterocycles. The molecule has 1 aromatic rings. The molecule has 2 rings (SSSR count). The van der Waals surface area contributed by atoms with E-state index in [1.165, 1.54) is 18.9 Å². The molecular weight excluding hydrogens is 317 g/mol. The van der Waals surface area contributed by atoms with Crippen molar-refractivity contribution >= 4 is 5.96 Å². The number of likely N-dealkylation sites (N-methyl/N-ethyl adjacent to an activating group) is 1. The lowest BCUT2D eigenvalue weighted by molar-refractivity contribution is -0.137. The van der Waals surface area contributed by atoms with Crippen molar-refractivity contribution in [2.24, 2.45) is 10.9 Å². The van der Waals surface area contributed by atoms with Crippen LogP contribution in [-0.4, -0.2) is 44.6 Å². The van der Waals surface area contributed by atoms with Crippen LogP contribution in [0.4, 0.5) is 13.2 Å². The van der Waals surface area contributed by atoms with Gasteiger partial charge in [-0.2, -0.15) is 13.2 Å². The van der Waals surface area contributed by atoms with Gasteiger partial charge in [-0.15, -0.1) is 0 Å². The van der Waals surface area contributed by atoms with E-state index in [4.69, 9.17) is 0 Å². The van der Waals surface area contributed by atoms with Crippen molar-refractivity contribution < 1.29 is 13.2 Å². The van der Waals surface area contributed by atoms with E-state index in [-0.39, 0.29) is 0 Å². The summed E-state index contributed by atoms with van der Waals surface area (Å²) >= 11 is 0. The number of hydrogen-bond acceptors (Lipinski definition) is 2. The van der Waals surface area contributed by atoms with Crippen molar-refractivity contribution in [1.82, 2.24) is 15.5 Å². The zero-order valence-electron chi connectivity index (χ0n) is 14.3. The van der Waals surface area contributed by atoms with E-state index in [0.29, 0.717) is 30.0 Å². The van der Waals surface area contributed by atoms with Crippen LogP contribution in [-0.2, 0) is 12.7 Å². The summed E-state index contributed by atoms with van der Waals surface area (Å²) in [6.45, 7) is 1.06. The van der Waals surface area contributed by atoms with Gasteiger partial charge in [-0.1, -0.05) is 12.1 Å². The Hall–Kier alpha value is -1.76. The van der Waals surface area contributed by atoms with E-state index in [1.807, 2.05) is 0 Å². The summed E-state index contributed by atoms with van der Waals surface area (Å²) < 4.78 is 38.2. The fourth-order valence-corrected chi connectivity index (χ4v) is 2.72. The van der Waals surface area contributed by atoms with Crippen LogP contribution in [0.1, 0.15) is 24.0 Å². The SMILES string of the molecule is CN=C(NCc1cccc(C(F)(F)F)c1)NCC(C1CC1)N(C)C. The molecule has 0 radical (unpaired) electrons. The maximum atomic E-state index is 12.7. The Morgan fingerprint density at radius 3 is 2.54 bits per heavy atom. The second-order valence-corrected chi connectivity index (χ2v) is 6.37. The molecule has 1 aromatic carbocycles. The molecule has 0 aromatic heterocycles. The van der Waals surface area contributed by atoms with Crippen LogP contribution in [0.5, 0.6) is 0 Å². The number of hydrogen-bond donors (Lipinski definition) is 2. The number of alkyl halides is 3. The smallest absolute Gasteiger partial charge is 0.355 e. The highest BCUT2D eigenvalue weighted by molar-refractivity contribution is 5.79. The predicted octanol–water partition coefficient (Wildman–Crippen LogP) is 2.71. The molecule has 1 unspecified atom stereocenters. The molecule has 7 heteroatoms. The Balaban J connectivity index is 1.87. The topological polar surface area (TPSA) is 39.7 Å². The lowest BCUT2D eigenvalue weighted by atomic mass is 10.1. The zero-order chi connectivity index (χ0) is 17.7. The van der Waals surface area contributed by atoms with Crippen LogP contribution >= 0.6 is 0 Å². The van der Waals surface area contributed by atoms with Gasteiger partial charge in [0.05, 0.1) is 5.56 Å². The van der Waals surface area contributed by atoms with Crippen molar-refractivity contribution in [1.29, 1.82) is 0 Å². The molecule has 4 nitrogen and oxygen atoms in total. The minimum absolute atomic E-state index is 0.291. The summed E-state index contributed by atoms with van der Waals surface area (Å²) in [4.78, 5) is 6.34. The van der Waals surface area contributed by atoms with Crippen LogP contribution < -0.4 is 10.6 Å². The Labute approximate surface area is 141 Å². The summed E-state index contributed by atoms with van der Waals surface area (Å²) in [7, 11) is 5.77. The molecule has 0 bridgehead atoms. The van der Waals surface area contributed by atoms with Gasteiger partial charge in [0, 0.05) is 26.2 Å². The molecule has 1 saturated carbocycles. The largest absolute Gasteiger partial charge is 0.416 e. The van der Waals surface area contributed by atoms with Gasteiger partial charge in [-0.05, 0) is 50.6 Å². The van der Waals surface area contributed by atoms with Crippen LogP contribution in [0.15, 0.2) is 29.3 Å². The first-order valence-electron chi connectivity index (χ1n) is 8.08. The maximum Gasteiger partial charge on any atom is 0.416 e. The molecule has 0 saturated heterocycles. The lowest BCUT2D eigenvalue weighted by Gasteiger charge is -2.25. The van der Waals surface area contributed by atoms with Crippen molar-refractivity contribution in [3.05, 3.63) is 35.4 Å². The molecule has 24 heavy (non-hydrogen) atoms. The predicted molar refractivity (Wildman–Crippen MR) is 89.8 cm³/mol. The highest BCUT2D eigenvalue weighted by Gasteiger charge is 2.32. The summed E-state index contributed by atoms with van der Waals surface area (Å²) in [6, 6.07) is 5.77. The van der Waals surface area contributed by atoms with Gasteiger partial charge >= 0.3 is 6.18 Å². The highest BCUT2D eigenvalue weighted by Crippen LogP contribution is 2.34. The molecule has 1 fully saturated rings. The van der Waals surface area contributed by atoms with Crippen LogP contribution in [0.2, 0.25) is 0 Å². The molecule has 134 valence electrons. The van der Waals surface area contributed by atoms with Gasteiger partial charge in [-0.25, -0.2) is 0 Å². The van der Waals surface area contributed by atoms with Crippen molar-refractivity contribution in [3.8, 4) is 0 Å². The van der Waals surface area contributed by atoms with Gasteiger partial charge in [0.25, 0.3) is 0 Å². The average molecular weight is 342 g/mol. The first-order chi connectivity index (χ1) is 11.3. The average Bonchev–Trinajstić information content (AvgIpc) is 3.34. The fourth-order valence-electron chi connectivity index (χ4n) is 2.72. The molecular formula is C17H25F3N4. The zero-order valence-corrected chi connectivity index (χ0v) is 14.3. The van der Waals surface area contributed by atoms with E-state index in [9.17, 15) is 13.2 Å². The summed E-state index contributed by atoms with van der Waals surface area (Å²) in [5, 5.41) is 6.33. The number of benzene rings is 1. The van der Waals surface area contributed by atoms with Crippen molar-refractivity contribution in [3.63, 3.8) is 0 Å². The molecule has 2 N–H and O–H groups in total. The molecule has 0 amide bonds. The van der Waals surface area contributed by atoms with E-state index >= 15 is 0 Å². The third kappa shape index (κ3) is 5.40. The molecule has 1 aliphatic carbocycles. The number of nitrogens with one attached hydrogen (secondary N) is 2. The van der Waals surface area contributed by atoms with Crippen LogP contribution in [0, 0.1) is 5.92 Å². The Kier molecular flexibility index (Phi) is 6.10. The van der Waals surface area contributed by atoms with Gasteiger partial charge in [0.2, 0.25) is 0 Å². The number of aliphatic imine (C=N–C) groups is 1. The number of halogens is 3. The second kappa shape index (κ2) is 7.88. The van der Waals surface area contributed by atoms with E-state index in [1.54, 1.807) is 13.1 Å². The Bertz CT molecular complexity index is 563. The Morgan fingerprint density at radius 2 is 2.00 bits per heavy atom. The highest BCUT2D eigenvalue weighted by atomic mass is 19.4. The van der Waals surface area contributed by atoms with Crippen molar-refractivity contribution in [2.45, 2.75) is 31.6 Å². The van der Waals surface area contributed by atoms with Crippen LogP contribution in [0.3, 0.4) is 0 Å². The van der Waals surface area contributed by atoms with Gasteiger partial charge in [0.15, 0.2) is 5.96 Å². The lowest BCUT2D eigenvalue weighted by Crippen LogP contribution is -2.45. The third-order valence-corrected chi connectivity index (χ3v) is 4.25. The number of rotatable bonds is 6. The number of nitrogens with zero attached hydrogens (tertiary/aromatic N) is 2. The molecule has 1 aliphatic rings. The van der Waals surface area contributed by atoms with E-state index in [0.717, 1.165) is 18.7 Å². The van der Waals surface area contributed by atoms with E-state index in [2.05, 4.69) is 34.6 Å². The van der Waals surface area contributed by atoms with Gasteiger partial charge < -0.3 is 15.5 Å². The number of guanidine groups is 1. The monoisotopic (exact) mass is 342 g/mol. The molecule has 1 atom stereocenters. The normalized spacial score (nSPS) is 17.0. The minimum Gasteiger partial charge on any atom is -0.355 e. The Morgan fingerprint density at radius 1 is 1.29 bits per heavy atom. The maximum absolute atomic E-state index is 12.7. The van der Waals surface area contributed by atoms with E-state index < -0.39 is 11.7 Å².